The first-order chi connectivity index (χ1) is 15.0. The Morgan fingerprint density at radius 3 is 2.90 bits per heavy atom. The van der Waals surface area contributed by atoms with Gasteiger partial charge in [0.1, 0.15) is 11.1 Å². The zero-order chi connectivity index (χ0) is 21.6. The van der Waals surface area contributed by atoms with Gasteiger partial charge in [-0.05, 0) is 37.8 Å². The van der Waals surface area contributed by atoms with Gasteiger partial charge in [0.25, 0.3) is 5.91 Å². The summed E-state index contributed by atoms with van der Waals surface area (Å²) in [6.07, 6.45) is 14.2. The van der Waals surface area contributed by atoms with Gasteiger partial charge in [-0.1, -0.05) is 12.0 Å². The number of carbonyl (C=O) groups excluding carboxylic acids is 1. The first-order valence-corrected chi connectivity index (χ1v) is 10.4. The van der Waals surface area contributed by atoms with E-state index < -0.39 is 5.60 Å². The molecule has 1 saturated carbocycles. The van der Waals surface area contributed by atoms with Crippen LogP contribution in [0, 0.1) is 17.8 Å². The van der Waals surface area contributed by atoms with Crippen molar-refractivity contribution in [2.45, 2.75) is 37.8 Å². The van der Waals surface area contributed by atoms with Gasteiger partial charge in [-0.2, -0.15) is 10.2 Å². The second kappa shape index (κ2) is 7.27. The predicted octanol–water partition coefficient (Wildman–Crippen LogP) is 2.47. The van der Waals surface area contributed by atoms with Crippen molar-refractivity contribution in [2.24, 2.45) is 13.0 Å². The van der Waals surface area contributed by atoms with E-state index in [0.717, 1.165) is 29.6 Å². The van der Waals surface area contributed by atoms with Crippen molar-refractivity contribution < 1.29 is 9.53 Å². The minimum Gasteiger partial charge on any atom is -0.465 e. The molecule has 2 aliphatic rings. The Balaban J connectivity index is 1.48. The Bertz CT molecular complexity index is 1250. The molecule has 0 radical (unpaired) electrons. The normalized spacial score (nSPS) is 24.1. The number of ether oxygens (including phenoxy) is 1. The molecule has 0 aromatic carbocycles. The lowest BCUT2D eigenvalue weighted by molar-refractivity contribution is -0.128. The molecule has 31 heavy (non-hydrogen) atoms. The van der Waals surface area contributed by atoms with Crippen LogP contribution in [0.3, 0.4) is 0 Å². The molecule has 8 nitrogen and oxygen atoms in total. The summed E-state index contributed by atoms with van der Waals surface area (Å²) in [5.41, 5.74) is 1.97. The quantitative estimate of drug-likeness (QED) is 0.482. The Kier molecular flexibility index (Phi) is 4.54. The minimum absolute atomic E-state index is 0.0667. The van der Waals surface area contributed by atoms with Gasteiger partial charge in [-0.25, -0.2) is 9.50 Å². The Morgan fingerprint density at radius 1 is 1.32 bits per heavy atom. The van der Waals surface area contributed by atoms with Crippen LogP contribution in [0.5, 0.6) is 5.88 Å². The van der Waals surface area contributed by atoms with Crippen molar-refractivity contribution in [1.82, 2.24) is 29.3 Å². The lowest BCUT2D eigenvalue weighted by atomic mass is 9.66. The van der Waals surface area contributed by atoms with E-state index in [9.17, 15) is 4.79 Å². The standard InChI is InChI=1S/C23H24N6O2/c1-4-5-21(30)28(3)18-7-6-17-8-10-23(17,12-18)31-22-20-9-11-24-29(20)15-19(26-22)16-13-25-27(2)14-16/h8-11,13-15,17-18H,6-7,12H2,1-3H3/t17-,18-,23+/m0/s1. The fourth-order valence-corrected chi connectivity index (χ4v) is 4.54. The fourth-order valence-electron chi connectivity index (χ4n) is 4.54. The van der Waals surface area contributed by atoms with E-state index in [0.29, 0.717) is 18.2 Å². The first-order valence-electron chi connectivity index (χ1n) is 10.4. The second-order valence-corrected chi connectivity index (χ2v) is 8.24. The number of fused-ring (bicyclic) bond motifs is 2. The highest BCUT2D eigenvalue weighted by atomic mass is 16.5. The van der Waals surface area contributed by atoms with E-state index >= 15 is 0 Å². The Hall–Kier alpha value is -3.60. The molecule has 8 heteroatoms. The van der Waals surface area contributed by atoms with Gasteiger partial charge in [0.05, 0.1) is 24.3 Å². The van der Waals surface area contributed by atoms with Crippen LogP contribution in [0.1, 0.15) is 26.2 Å². The van der Waals surface area contributed by atoms with Gasteiger partial charge in [0, 0.05) is 44.2 Å². The number of amides is 1. The van der Waals surface area contributed by atoms with Gasteiger partial charge < -0.3 is 9.64 Å². The highest BCUT2D eigenvalue weighted by Crippen LogP contribution is 2.47. The molecule has 0 spiro atoms. The second-order valence-electron chi connectivity index (χ2n) is 8.24. The molecule has 3 atom stereocenters. The van der Waals surface area contributed by atoms with E-state index in [-0.39, 0.29) is 11.9 Å². The largest absolute Gasteiger partial charge is 0.465 e. The van der Waals surface area contributed by atoms with Gasteiger partial charge in [-0.3, -0.25) is 9.48 Å². The van der Waals surface area contributed by atoms with Crippen LogP contribution in [0.4, 0.5) is 0 Å². The minimum atomic E-state index is -0.484. The number of hydrogen-bond donors (Lipinski definition) is 0. The maximum absolute atomic E-state index is 12.3. The monoisotopic (exact) mass is 416 g/mol. The molecule has 5 rings (SSSR count). The number of carbonyl (C=O) groups is 1. The maximum Gasteiger partial charge on any atom is 0.298 e. The number of hydrogen-bond acceptors (Lipinski definition) is 5. The average Bonchev–Trinajstić information content (AvgIpc) is 3.39. The highest BCUT2D eigenvalue weighted by molar-refractivity contribution is 5.93. The van der Waals surface area contributed by atoms with Crippen molar-refractivity contribution >= 4 is 11.4 Å². The molecule has 3 aromatic heterocycles. The van der Waals surface area contributed by atoms with E-state index in [1.807, 2.05) is 32.6 Å². The summed E-state index contributed by atoms with van der Waals surface area (Å²) in [6, 6.07) is 1.97. The van der Waals surface area contributed by atoms with Gasteiger partial charge in [0.2, 0.25) is 5.88 Å². The SMILES string of the molecule is CC#CC(=O)N(C)[C@H]1CC[C@H]2C=C[C@@]2(Oc2nc(-c3cnn(C)c3)cn3nccc23)C1. The number of aromatic nitrogens is 5. The van der Waals surface area contributed by atoms with E-state index in [2.05, 4.69) is 34.2 Å². The summed E-state index contributed by atoms with van der Waals surface area (Å²) in [5, 5.41) is 8.65. The zero-order valence-electron chi connectivity index (χ0n) is 17.8. The maximum atomic E-state index is 12.3. The van der Waals surface area contributed by atoms with Crippen LogP contribution < -0.4 is 4.74 Å². The third-order valence-corrected chi connectivity index (χ3v) is 6.35. The van der Waals surface area contributed by atoms with Crippen LogP contribution in [0.25, 0.3) is 16.8 Å². The van der Waals surface area contributed by atoms with Gasteiger partial charge in [0.15, 0.2) is 0 Å². The summed E-state index contributed by atoms with van der Waals surface area (Å²) < 4.78 is 10.2. The van der Waals surface area contributed by atoms with Crippen molar-refractivity contribution in [2.75, 3.05) is 7.05 Å². The average molecular weight is 416 g/mol. The predicted molar refractivity (Wildman–Crippen MR) is 115 cm³/mol. The molecule has 1 amide bonds. The Morgan fingerprint density at radius 2 is 2.19 bits per heavy atom. The molecule has 1 fully saturated rings. The number of rotatable bonds is 4. The smallest absolute Gasteiger partial charge is 0.298 e. The van der Waals surface area contributed by atoms with Crippen LogP contribution in [-0.4, -0.2) is 53.9 Å². The molecular weight excluding hydrogens is 392 g/mol. The molecule has 0 unspecified atom stereocenters. The number of nitrogens with zero attached hydrogens (tertiary/aromatic N) is 6. The molecular formula is C23H24N6O2. The summed E-state index contributed by atoms with van der Waals surface area (Å²) in [4.78, 5) is 18.9. The summed E-state index contributed by atoms with van der Waals surface area (Å²) in [7, 11) is 3.70. The molecule has 0 aliphatic heterocycles. The van der Waals surface area contributed by atoms with Gasteiger partial charge >= 0.3 is 0 Å². The number of aryl methyl sites for hydroxylation is 1. The first kappa shape index (κ1) is 19.4. The van der Waals surface area contributed by atoms with Crippen LogP contribution >= 0.6 is 0 Å². The van der Waals surface area contributed by atoms with E-state index in [1.54, 1.807) is 33.4 Å². The molecule has 0 N–H and O–H groups in total. The van der Waals surface area contributed by atoms with E-state index in [4.69, 9.17) is 9.72 Å². The van der Waals surface area contributed by atoms with E-state index in [1.165, 1.54) is 0 Å². The van der Waals surface area contributed by atoms with Crippen molar-refractivity contribution in [3.8, 4) is 29.0 Å². The molecule has 3 aromatic rings. The Labute approximate surface area is 180 Å². The topological polar surface area (TPSA) is 77.6 Å². The van der Waals surface area contributed by atoms with Crippen LogP contribution in [-0.2, 0) is 11.8 Å². The van der Waals surface area contributed by atoms with Crippen LogP contribution in [0.2, 0.25) is 0 Å². The molecule has 158 valence electrons. The summed E-state index contributed by atoms with van der Waals surface area (Å²) in [5.74, 6) is 6.03. The lowest BCUT2D eigenvalue weighted by Gasteiger charge is -2.50. The molecule has 3 heterocycles. The van der Waals surface area contributed by atoms with Gasteiger partial charge in [-0.15, -0.1) is 0 Å². The van der Waals surface area contributed by atoms with Crippen molar-refractivity contribution in [1.29, 1.82) is 0 Å². The third-order valence-electron chi connectivity index (χ3n) is 6.35. The van der Waals surface area contributed by atoms with Crippen molar-refractivity contribution in [3.05, 3.63) is 43.0 Å². The van der Waals surface area contributed by atoms with Crippen LogP contribution in [0.15, 0.2) is 43.0 Å². The summed E-state index contributed by atoms with van der Waals surface area (Å²) in [6.45, 7) is 1.68. The molecule has 2 aliphatic carbocycles. The fraction of sp³-hybridized carbons (Fsp3) is 0.391. The molecule has 0 saturated heterocycles. The molecule has 0 bridgehead atoms. The summed E-state index contributed by atoms with van der Waals surface area (Å²) >= 11 is 0. The highest BCUT2D eigenvalue weighted by Gasteiger charge is 2.50. The van der Waals surface area contributed by atoms with Crippen molar-refractivity contribution in [3.63, 3.8) is 0 Å². The lowest BCUT2D eigenvalue weighted by Crippen LogP contribution is -2.56. The zero-order valence-corrected chi connectivity index (χ0v) is 17.8. The third kappa shape index (κ3) is 3.26.